The lowest BCUT2D eigenvalue weighted by atomic mass is 9.99. The molecular weight excluding hydrogens is 240 g/mol. The zero-order valence-electron chi connectivity index (χ0n) is 9.59. The van der Waals surface area contributed by atoms with Gasteiger partial charge in [0.1, 0.15) is 5.66 Å². The lowest BCUT2D eigenvalue weighted by Gasteiger charge is -2.37. The molecule has 1 aliphatic heterocycles. The predicted molar refractivity (Wildman–Crippen MR) is 67.3 cm³/mol. The fourth-order valence-corrected chi connectivity index (χ4v) is 2.32. The van der Waals surface area contributed by atoms with Gasteiger partial charge in [0.2, 0.25) is 0 Å². The highest BCUT2D eigenvalue weighted by Crippen LogP contribution is 2.31. The first-order valence-corrected chi connectivity index (χ1v) is 5.93. The van der Waals surface area contributed by atoms with Crippen LogP contribution in [-0.2, 0) is 0 Å². The molecule has 0 radical (unpaired) electrons. The number of carbonyl (C=O) groups is 1. The number of carbonyl (C=O) groups excluding carboxylic acids is 1. The maximum absolute atomic E-state index is 12.0. The van der Waals surface area contributed by atoms with E-state index >= 15 is 0 Å². The van der Waals surface area contributed by atoms with E-state index in [1.54, 1.807) is 12.1 Å². The van der Waals surface area contributed by atoms with Crippen molar-refractivity contribution in [1.82, 2.24) is 5.32 Å². The van der Waals surface area contributed by atoms with E-state index < -0.39 is 5.66 Å². The van der Waals surface area contributed by atoms with Gasteiger partial charge in [-0.05, 0) is 31.9 Å². The number of fused-ring (bicyclic) bond motifs is 1. The number of aliphatic hydroxyl groups is 1. The monoisotopic (exact) mass is 254 g/mol. The topological polar surface area (TPSA) is 61.4 Å². The molecule has 0 spiro atoms. The second-order valence-electron chi connectivity index (χ2n) is 4.40. The number of amides is 1. The van der Waals surface area contributed by atoms with Crippen LogP contribution in [0.1, 0.15) is 30.1 Å². The summed E-state index contributed by atoms with van der Waals surface area (Å²) >= 11 is 5.99. The molecule has 1 heterocycles. The molecule has 92 valence electrons. The third kappa shape index (κ3) is 2.37. The van der Waals surface area contributed by atoms with Crippen molar-refractivity contribution in [2.45, 2.75) is 25.4 Å². The van der Waals surface area contributed by atoms with E-state index in [0.717, 1.165) is 5.69 Å². The van der Waals surface area contributed by atoms with Crippen molar-refractivity contribution < 1.29 is 9.90 Å². The Hall–Kier alpha value is -1.26. The number of halogens is 1. The molecule has 5 heteroatoms. The average molecular weight is 255 g/mol. The van der Waals surface area contributed by atoms with Gasteiger partial charge in [-0.25, -0.2) is 0 Å². The maximum Gasteiger partial charge on any atom is 0.256 e. The summed E-state index contributed by atoms with van der Waals surface area (Å²) in [7, 11) is 0. The molecule has 0 fully saturated rings. The molecule has 1 aromatic rings. The Kier molecular flexibility index (Phi) is 3.26. The number of aliphatic hydroxyl groups excluding tert-OH is 1. The largest absolute Gasteiger partial charge is 0.396 e. The number of nitrogens with one attached hydrogen (secondary N) is 2. The van der Waals surface area contributed by atoms with Crippen molar-refractivity contribution in [3.63, 3.8) is 0 Å². The van der Waals surface area contributed by atoms with Crippen molar-refractivity contribution in [2.75, 3.05) is 11.9 Å². The smallest absolute Gasteiger partial charge is 0.256 e. The highest BCUT2D eigenvalue weighted by Gasteiger charge is 2.33. The van der Waals surface area contributed by atoms with Crippen molar-refractivity contribution in [2.24, 2.45) is 0 Å². The van der Waals surface area contributed by atoms with Crippen LogP contribution in [-0.4, -0.2) is 23.3 Å². The Bertz CT molecular complexity index is 450. The lowest BCUT2D eigenvalue weighted by molar-refractivity contribution is 0.0899. The molecule has 1 amide bonds. The van der Waals surface area contributed by atoms with Crippen LogP contribution in [0.3, 0.4) is 0 Å². The van der Waals surface area contributed by atoms with Crippen LogP contribution >= 0.6 is 11.6 Å². The summed E-state index contributed by atoms with van der Waals surface area (Å²) in [6.45, 7) is 2.00. The van der Waals surface area contributed by atoms with E-state index in [9.17, 15) is 4.79 Å². The third-order valence-electron chi connectivity index (χ3n) is 2.88. The second kappa shape index (κ2) is 4.55. The summed E-state index contributed by atoms with van der Waals surface area (Å²) in [6.07, 6.45) is 1.28. The quantitative estimate of drug-likeness (QED) is 0.773. The SMILES string of the molecule is CC1(CCCO)NC(=O)c2c(Cl)cccc2N1. The lowest BCUT2D eigenvalue weighted by Crippen LogP contribution is -2.55. The van der Waals surface area contributed by atoms with Crippen molar-refractivity contribution in [3.8, 4) is 0 Å². The molecule has 1 aliphatic rings. The van der Waals surface area contributed by atoms with E-state index in [1.165, 1.54) is 0 Å². The number of hydrogen-bond acceptors (Lipinski definition) is 3. The molecule has 0 saturated carbocycles. The van der Waals surface area contributed by atoms with E-state index in [2.05, 4.69) is 10.6 Å². The molecule has 0 aromatic heterocycles. The minimum absolute atomic E-state index is 0.107. The first-order valence-electron chi connectivity index (χ1n) is 5.56. The summed E-state index contributed by atoms with van der Waals surface area (Å²) < 4.78 is 0. The van der Waals surface area contributed by atoms with Gasteiger partial charge in [0.15, 0.2) is 0 Å². The minimum atomic E-state index is -0.530. The van der Waals surface area contributed by atoms with E-state index in [4.69, 9.17) is 16.7 Å². The Balaban J connectivity index is 2.30. The highest BCUT2D eigenvalue weighted by atomic mass is 35.5. The first-order chi connectivity index (χ1) is 8.06. The van der Waals surface area contributed by atoms with Crippen LogP contribution in [0.5, 0.6) is 0 Å². The minimum Gasteiger partial charge on any atom is -0.396 e. The first kappa shape index (κ1) is 12.2. The van der Waals surface area contributed by atoms with Gasteiger partial charge in [-0.15, -0.1) is 0 Å². The van der Waals surface area contributed by atoms with Crippen LogP contribution in [0.25, 0.3) is 0 Å². The summed E-state index contributed by atoms with van der Waals surface area (Å²) in [5.41, 5.74) is 0.689. The van der Waals surface area contributed by atoms with Crippen molar-refractivity contribution in [1.29, 1.82) is 0 Å². The predicted octanol–water partition coefficient (Wildman–Crippen LogP) is 1.98. The molecular formula is C12H15ClN2O2. The Morgan fingerprint density at radius 2 is 2.18 bits per heavy atom. The number of benzene rings is 1. The van der Waals surface area contributed by atoms with Gasteiger partial charge >= 0.3 is 0 Å². The van der Waals surface area contributed by atoms with Gasteiger partial charge in [-0.2, -0.15) is 0 Å². The van der Waals surface area contributed by atoms with Crippen LogP contribution in [0.15, 0.2) is 18.2 Å². The molecule has 0 bridgehead atoms. The molecule has 0 aliphatic carbocycles. The van der Waals surface area contributed by atoms with Crippen molar-refractivity contribution in [3.05, 3.63) is 28.8 Å². The van der Waals surface area contributed by atoms with Crippen LogP contribution in [0, 0.1) is 0 Å². The second-order valence-corrected chi connectivity index (χ2v) is 4.81. The van der Waals surface area contributed by atoms with Crippen LogP contribution in [0.2, 0.25) is 5.02 Å². The fraction of sp³-hybridized carbons (Fsp3) is 0.417. The van der Waals surface area contributed by atoms with Gasteiger partial charge in [0, 0.05) is 6.61 Å². The van der Waals surface area contributed by atoms with Gasteiger partial charge in [0.05, 0.1) is 16.3 Å². The van der Waals surface area contributed by atoms with Gasteiger partial charge < -0.3 is 15.7 Å². The molecule has 2 rings (SSSR count). The zero-order chi connectivity index (χ0) is 12.5. The van der Waals surface area contributed by atoms with Crippen molar-refractivity contribution >= 4 is 23.2 Å². The normalized spacial score (nSPS) is 22.6. The van der Waals surface area contributed by atoms with E-state index in [1.807, 2.05) is 13.0 Å². The molecule has 1 atom stereocenters. The van der Waals surface area contributed by atoms with Gasteiger partial charge in [-0.3, -0.25) is 4.79 Å². The van der Waals surface area contributed by atoms with E-state index in [-0.39, 0.29) is 12.5 Å². The molecule has 1 unspecified atom stereocenters. The summed E-state index contributed by atoms with van der Waals surface area (Å²) in [5, 5.41) is 15.4. The number of anilines is 1. The molecule has 1 aromatic carbocycles. The standard InChI is InChI=1S/C12H15ClN2O2/c1-12(6-3-7-16)14-9-5-2-4-8(13)10(9)11(17)15-12/h2,4-5,14,16H,3,6-7H2,1H3,(H,15,17). The van der Waals surface area contributed by atoms with Crippen LogP contribution in [0.4, 0.5) is 5.69 Å². The Morgan fingerprint density at radius 3 is 2.88 bits per heavy atom. The third-order valence-corrected chi connectivity index (χ3v) is 3.19. The van der Waals surface area contributed by atoms with Crippen LogP contribution < -0.4 is 10.6 Å². The maximum atomic E-state index is 12.0. The molecule has 17 heavy (non-hydrogen) atoms. The average Bonchev–Trinajstić information content (AvgIpc) is 2.25. The number of hydrogen-bond donors (Lipinski definition) is 3. The summed E-state index contributed by atoms with van der Waals surface area (Å²) in [4.78, 5) is 12.0. The zero-order valence-corrected chi connectivity index (χ0v) is 10.3. The molecule has 0 saturated heterocycles. The highest BCUT2D eigenvalue weighted by molar-refractivity contribution is 6.34. The molecule has 3 N–H and O–H groups in total. The van der Waals surface area contributed by atoms with Gasteiger partial charge in [0.25, 0.3) is 5.91 Å². The summed E-state index contributed by atoms with van der Waals surface area (Å²) in [6, 6.07) is 5.33. The Labute approximate surface area is 105 Å². The number of rotatable bonds is 3. The summed E-state index contributed by atoms with van der Waals surface area (Å²) in [5.74, 6) is -0.176. The van der Waals surface area contributed by atoms with E-state index in [0.29, 0.717) is 23.4 Å². The fourth-order valence-electron chi connectivity index (χ4n) is 2.06. The van der Waals surface area contributed by atoms with Gasteiger partial charge in [-0.1, -0.05) is 17.7 Å². The Morgan fingerprint density at radius 1 is 1.41 bits per heavy atom. The molecule has 4 nitrogen and oxygen atoms in total.